The molecule has 1 fully saturated rings. The normalized spacial score (nSPS) is 21.9. The molecule has 0 amide bonds. The molecule has 1 saturated heterocycles. The monoisotopic (exact) mass is 341 g/mol. The second kappa shape index (κ2) is 6.33. The molecule has 0 aromatic heterocycles. The summed E-state index contributed by atoms with van der Waals surface area (Å²) in [5, 5.41) is 12.6. The fraction of sp³-hybridized carbons (Fsp3) is 0.308. The zero-order valence-corrected chi connectivity index (χ0v) is 12.4. The lowest BCUT2D eigenvalue weighted by Gasteiger charge is -2.15. The molecule has 0 bridgehead atoms. The molecule has 1 aromatic rings. The molecule has 1 aliphatic rings. The van der Waals surface area contributed by atoms with Gasteiger partial charge >= 0.3 is 0 Å². The molecule has 0 radical (unpaired) electrons. The van der Waals surface area contributed by atoms with E-state index in [-0.39, 0.29) is 12.0 Å². The van der Waals surface area contributed by atoms with Gasteiger partial charge in [0.1, 0.15) is 24.4 Å². The van der Waals surface area contributed by atoms with Gasteiger partial charge in [-0.15, -0.1) is 6.42 Å². The lowest BCUT2D eigenvalue weighted by molar-refractivity contribution is -0.690. The number of hydrogen-bond acceptors (Lipinski definition) is 4. The molecular weight excluding hydrogens is 330 g/mol. The van der Waals surface area contributed by atoms with Crippen molar-refractivity contribution in [3.05, 3.63) is 28.2 Å². The van der Waals surface area contributed by atoms with Crippen LogP contribution in [0.1, 0.15) is 10.9 Å². The number of carboxylic acids is 1. The molecule has 0 spiro atoms. The van der Waals surface area contributed by atoms with Crippen LogP contribution in [0.5, 0.6) is 5.75 Å². The number of nitrogens with two attached hydrogens (primary N) is 1. The molecule has 4 nitrogen and oxygen atoms in total. The van der Waals surface area contributed by atoms with Crippen molar-refractivity contribution in [3.8, 4) is 18.1 Å². The predicted octanol–water partition coefficient (Wildman–Crippen LogP) is -0.112. The van der Waals surface area contributed by atoms with Crippen molar-refractivity contribution in [2.45, 2.75) is 11.4 Å². The third-order valence-electron chi connectivity index (χ3n) is 2.75. The van der Waals surface area contributed by atoms with Crippen LogP contribution in [0, 0.1) is 12.3 Å². The Morgan fingerprint density at radius 1 is 1.68 bits per heavy atom. The van der Waals surface area contributed by atoms with E-state index in [9.17, 15) is 9.90 Å². The highest BCUT2D eigenvalue weighted by atomic mass is 79.9. The van der Waals surface area contributed by atoms with Crippen LogP contribution >= 0.6 is 27.7 Å². The van der Waals surface area contributed by atoms with Crippen molar-refractivity contribution >= 4 is 33.7 Å². The van der Waals surface area contributed by atoms with Crippen LogP contribution in [0.2, 0.25) is 0 Å². The second-order valence-corrected chi connectivity index (χ2v) is 6.14. The Morgan fingerprint density at radius 3 is 3.11 bits per heavy atom. The van der Waals surface area contributed by atoms with Crippen molar-refractivity contribution in [2.24, 2.45) is 0 Å². The van der Waals surface area contributed by atoms with Crippen LogP contribution in [0.3, 0.4) is 0 Å². The van der Waals surface area contributed by atoms with Crippen molar-refractivity contribution in [1.82, 2.24) is 0 Å². The molecule has 0 unspecified atom stereocenters. The van der Waals surface area contributed by atoms with Gasteiger partial charge in [0, 0.05) is 4.47 Å². The number of benzene rings is 1. The quantitative estimate of drug-likeness (QED) is 0.776. The summed E-state index contributed by atoms with van der Waals surface area (Å²) in [6.07, 6.45) is 5.19. The Balaban J connectivity index is 2.21. The minimum Gasteiger partial charge on any atom is -0.544 e. The Kier molecular flexibility index (Phi) is 4.75. The molecule has 1 aliphatic heterocycles. The summed E-state index contributed by atoms with van der Waals surface area (Å²) in [6, 6.07) is 5.11. The average Bonchev–Trinajstić information content (AvgIpc) is 2.87. The Bertz CT molecular complexity index is 529. The van der Waals surface area contributed by atoms with Gasteiger partial charge in [-0.25, -0.2) is 0 Å². The number of carbonyl (C=O) groups excluding carboxylic acids is 1. The number of rotatable bonds is 4. The molecule has 2 N–H and O–H groups in total. The third-order valence-corrected chi connectivity index (χ3v) is 4.57. The first-order valence-electron chi connectivity index (χ1n) is 5.65. The molecule has 2 atom stereocenters. The minimum atomic E-state index is -1.03. The number of quaternary nitrogens is 1. The summed E-state index contributed by atoms with van der Waals surface area (Å²) in [7, 11) is 0. The first-order valence-corrected chi connectivity index (χ1v) is 7.49. The smallest absolute Gasteiger partial charge is 0.163 e. The summed E-state index contributed by atoms with van der Waals surface area (Å²) in [4.78, 5) is 10.9. The summed E-state index contributed by atoms with van der Waals surface area (Å²) in [5.74, 6) is 2.60. The van der Waals surface area contributed by atoms with Gasteiger partial charge in [0.15, 0.2) is 5.37 Å². The second-order valence-electron chi connectivity index (χ2n) is 4.05. The number of ether oxygens (including phenoxy) is 1. The number of hydrogen-bond donors (Lipinski definition) is 1. The van der Waals surface area contributed by atoms with Crippen molar-refractivity contribution in [2.75, 3.05) is 12.4 Å². The Hall–Kier alpha value is -1.16. The average molecular weight is 342 g/mol. The van der Waals surface area contributed by atoms with Gasteiger partial charge in [0.25, 0.3) is 0 Å². The number of thioether (sulfide) groups is 1. The van der Waals surface area contributed by atoms with Crippen molar-refractivity contribution in [3.63, 3.8) is 0 Å². The van der Waals surface area contributed by atoms with E-state index in [1.54, 1.807) is 17.1 Å². The van der Waals surface area contributed by atoms with Gasteiger partial charge in [-0.3, -0.25) is 0 Å². The molecule has 6 heteroatoms. The summed E-state index contributed by atoms with van der Waals surface area (Å²) in [6.45, 7) is 0.190. The number of aliphatic carboxylic acids is 1. The van der Waals surface area contributed by atoms with Gasteiger partial charge in [-0.2, -0.15) is 0 Å². The first-order chi connectivity index (χ1) is 9.11. The zero-order valence-electron chi connectivity index (χ0n) is 9.97. The highest BCUT2D eigenvalue weighted by Crippen LogP contribution is 2.35. The van der Waals surface area contributed by atoms with Gasteiger partial charge in [-0.05, 0) is 18.2 Å². The van der Waals surface area contributed by atoms with Crippen LogP contribution in [-0.4, -0.2) is 24.4 Å². The van der Waals surface area contributed by atoms with E-state index in [1.165, 1.54) is 0 Å². The van der Waals surface area contributed by atoms with E-state index >= 15 is 0 Å². The Morgan fingerprint density at radius 2 is 2.47 bits per heavy atom. The van der Waals surface area contributed by atoms with Crippen LogP contribution < -0.4 is 15.2 Å². The van der Waals surface area contributed by atoms with Gasteiger partial charge in [-0.1, -0.05) is 33.6 Å². The highest BCUT2D eigenvalue weighted by molar-refractivity contribution is 9.10. The van der Waals surface area contributed by atoms with E-state index in [0.717, 1.165) is 10.0 Å². The number of carboxylic acid groups (broad SMARTS) is 1. The van der Waals surface area contributed by atoms with Gasteiger partial charge < -0.3 is 20.0 Å². The van der Waals surface area contributed by atoms with E-state index in [4.69, 9.17) is 11.2 Å². The molecule has 100 valence electrons. The standard InChI is InChI=1S/C13H12BrNO3S/c1-2-5-18-11-4-3-8(14)6-9(11)12-15-10(7-19-12)13(16)17/h1,3-4,6,10,12,15H,5,7H2,(H,16,17)/t10-,12+/m1/s1. The molecule has 1 heterocycles. The van der Waals surface area contributed by atoms with E-state index < -0.39 is 12.0 Å². The first kappa shape index (κ1) is 14.3. The maximum absolute atomic E-state index is 10.9. The zero-order chi connectivity index (χ0) is 13.8. The van der Waals surface area contributed by atoms with Crippen LogP contribution in [-0.2, 0) is 4.79 Å². The van der Waals surface area contributed by atoms with Crippen LogP contribution in [0.15, 0.2) is 22.7 Å². The lowest BCUT2D eigenvalue weighted by atomic mass is 10.2. The van der Waals surface area contributed by atoms with Crippen molar-refractivity contribution in [1.29, 1.82) is 0 Å². The van der Waals surface area contributed by atoms with E-state index in [1.807, 2.05) is 18.2 Å². The maximum Gasteiger partial charge on any atom is 0.163 e. The summed E-state index contributed by atoms with van der Waals surface area (Å²) in [5.41, 5.74) is 0.929. The van der Waals surface area contributed by atoms with Crippen LogP contribution in [0.25, 0.3) is 0 Å². The fourth-order valence-corrected chi connectivity index (χ4v) is 3.57. The number of terminal acetylenes is 1. The maximum atomic E-state index is 10.9. The fourth-order valence-electron chi connectivity index (χ4n) is 1.86. The topological polar surface area (TPSA) is 66.0 Å². The third kappa shape index (κ3) is 3.44. The predicted molar refractivity (Wildman–Crippen MR) is 74.4 cm³/mol. The van der Waals surface area contributed by atoms with E-state index in [2.05, 4.69) is 21.9 Å². The van der Waals surface area contributed by atoms with Gasteiger partial charge in [0.05, 0.1) is 11.3 Å². The number of carbonyl (C=O) groups is 1. The minimum absolute atomic E-state index is 0.0202. The number of halogens is 1. The molecule has 0 aliphatic carbocycles. The summed E-state index contributed by atoms with van der Waals surface area (Å²) < 4.78 is 6.41. The molecular formula is C13H12BrNO3S. The van der Waals surface area contributed by atoms with E-state index in [0.29, 0.717) is 11.5 Å². The largest absolute Gasteiger partial charge is 0.544 e. The summed E-state index contributed by atoms with van der Waals surface area (Å²) >= 11 is 4.97. The molecule has 2 rings (SSSR count). The highest BCUT2D eigenvalue weighted by Gasteiger charge is 2.32. The van der Waals surface area contributed by atoms with Gasteiger partial charge in [0.2, 0.25) is 0 Å². The SMILES string of the molecule is C#CCOc1ccc(Br)cc1[C@H]1[NH2+][C@@H](C(=O)[O-])CS1. The molecule has 0 saturated carbocycles. The van der Waals surface area contributed by atoms with Crippen LogP contribution in [0.4, 0.5) is 0 Å². The molecule has 1 aromatic carbocycles. The van der Waals surface area contributed by atoms with Crippen molar-refractivity contribution < 1.29 is 20.0 Å². The molecule has 19 heavy (non-hydrogen) atoms. The Labute approximate surface area is 124 Å². The lowest BCUT2D eigenvalue weighted by Crippen LogP contribution is -2.90.